The van der Waals surface area contributed by atoms with Gasteiger partial charge in [-0.25, -0.2) is 0 Å². The van der Waals surface area contributed by atoms with Crippen molar-refractivity contribution >= 4 is 0 Å². The van der Waals surface area contributed by atoms with Gasteiger partial charge in [-0.1, -0.05) is 7.43 Å². The van der Waals surface area contributed by atoms with Gasteiger partial charge >= 0.3 is 13.2 Å². The summed E-state index contributed by atoms with van der Waals surface area (Å²) in [5.41, 5.74) is -1.57. The van der Waals surface area contributed by atoms with E-state index >= 15 is 0 Å². The van der Waals surface area contributed by atoms with Crippen LogP contribution in [0.15, 0.2) is 24.3 Å². The maximum Gasteiger partial charge on any atom is 0.387 e. The molecular formula is C19H12F4N4O4. The minimum Gasteiger partial charge on any atom is -0.507 e. The van der Waals surface area contributed by atoms with Crippen LogP contribution >= 0.6 is 0 Å². The highest BCUT2D eigenvalue weighted by molar-refractivity contribution is 5.61. The second-order valence-electron chi connectivity index (χ2n) is 4.87. The Bertz CT molecular complexity index is 1010. The Balaban J connectivity index is 0.000000605. The standard InChI is InChI=1S/C10H4F4N2O2.C8H4N2O2.CH4/c11-9(12)17-7-1-2-8(18-10(13)14)6(4-16)5(7)3-15;9-3-5-6(4-10)8(12)2-1-7(5)11;/h1-2,9-10H;1-2,11-12H;1H4. The molecule has 0 spiro atoms. The van der Waals surface area contributed by atoms with Crippen molar-refractivity contribution in [3.8, 4) is 47.3 Å². The third-order valence-electron chi connectivity index (χ3n) is 3.17. The van der Waals surface area contributed by atoms with E-state index in [1.54, 1.807) is 12.1 Å². The SMILES string of the molecule is C.N#Cc1c(O)ccc(O)c1C#N.N#Cc1c(OC(F)F)ccc(OC(F)F)c1C#N. The topological polar surface area (TPSA) is 154 Å². The Morgan fingerprint density at radius 2 is 0.903 bits per heavy atom. The molecule has 0 amide bonds. The predicted octanol–water partition coefficient (Wildman–Crippen LogP) is 4.11. The Morgan fingerprint density at radius 3 is 1.13 bits per heavy atom. The van der Waals surface area contributed by atoms with Crippen LogP contribution in [0.5, 0.6) is 23.0 Å². The maximum atomic E-state index is 12.0. The van der Waals surface area contributed by atoms with E-state index in [0.717, 1.165) is 24.3 Å². The van der Waals surface area contributed by atoms with Crippen molar-refractivity contribution in [3.63, 3.8) is 0 Å². The highest BCUT2D eigenvalue weighted by Gasteiger charge is 2.19. The molecule has 12 heteroatoms. The molecule has 0 aliphatic carbocycles. The fraction of sp³-hybridized carbons (Fsp3) is 0.158. The summed E-state index contributed by atoms with van der Waals surface area (Å²) in [5, 5.41) is 52.6. The lowest BCUT2D eigenvalue weighted by Crippen LogP contribution is -2.07. The molecule has 2 rings (SSSR count). The molecule has 0 fully saturated rings. The van der Waals surface area contributed by atoms with Gasteiger partial charge in [0.2, 0.25) is 0 Å². The molecular weight excluding hydrogens is 424 g/mol. The Kier molecular flexibility index (Phi) is 10.2. The van der Waals surface area contributed by atoms with Crippen LogP contribution in [0.3, 0.4) is 0 Å². The van der Waals surface area contributed by atoms with Crippen molar-refractivity contribution < 1.29 is 37.2 Å². The molecule has 0 aliphatic rings. The fourth-order valence-corrected chi connectivity index (χ4v) is 1.98. The van der Waals surface area contributed by atoms with Gasteiger partial charge in [-0.15, -0.1) is 0 Å². The lowest BCUT2D eigenvalue weighted by Gasteiger charge is -2.11. The highest BCUT2D eigenvalue weighted by atomic mass is 19.3. The van der Waals surface area contributed by atoms with Gasteiger partial charge in [0.25, 0.3) is 0 Å². The number of hydrogen-bond acceptors (Lipinski definition) is 8. The smallest absolute Gasteiger partial charge is 0.387 e. The lowest BCUT2D eigenvalue weighted by atomic mass is 10.1. The molecule has 2 aromatic rings. The minimum atomic E-state index is -3.20. The van der Waals surface area contributed by atoms with Crippen LogP contribution in [0.25, 0.3) is 0 Å². The number of nitriles is 4. The molecule has 160 valence electrons. The number of benzene rings is 2. The van der Waals surface area contributed by atoms with Gasteiger partial charge in [0.05, 0.1) is 0 Å². The van der Waals surface area contributed by atoms with Gasteiger partial charge in [-0.2, -0.15) is 38.6 Å². The van der Waals surface area contributed by atoms with Crippen LogP contribution in [0.1, 0.15) is 29.7 Å². The van der Waals surface area contributed by atoms with Crippen LogP contribution < -0.4 is 9.47 Å². The summed E-state index contributed by atoms with van der Waals surface area (Å²) in [4.78, 5) is 0. The van der Waals surface area contributed by atoms with E-state index in [1.165, 1.54) is 12.1 Å². The minimum absolute atomic E-state index is 0. The summed E-state index contributed by atoms with van der Waals surface area (Å²) in [5.74, 6) is -1.75. The molecule has 0 atom stereocenters. The first-order valence-electron chi connectivity index (χ1n) is 7.42. The van der Waals surface area contributed by atoms with Gasteiger partial charge in [-0.3, -0.25) is 0 Å². The number of nitrogens with zero attached hydrogens (tertiary/aromatic N) is 4. The fourth-order valence-electron chi connectivity index (χ4n) is 1.98. The molecule has 2 N–H and O–H groups in total. The molecule has 0 heterocycles. The summed E-state index contributed by atoms with van der Waals surface area (Å²) in [6.07, 6.45) is 0. The third-order valence-corrected chi connectivity index (χ3v) is 3.17. The second kappa shape index (κ2) is 12.0. The molecule has 8 nitrogen and oxygen atoms in total. The van der Waals surface area contributed by atoms with E-state index in [2.05, 4.69) is 9.47 Å². The molecule has 0 unspecified atom stereocenters. The molecule has 2 aromatic carbocycles. The summed E-state index contributed by atoms with van der Waals surface area (Å²) >= 11 is 0. The zero-order valence-electron chi connectivity index (χ0n) is 14.5. The zero-order chi connectivity index (χ0) is 22.8. The summed E-state index contributed by atoms with van der Waals surface area (Å²) < 4.78 is 56.0. The summed E-state index contributed by atoms with van der Waals surface area (Å²) in [7, 11) is 0. The average Bonchev–Trinajstić information content (AvgIpc) is 2.69. The van der Waals surface area contributed by atoms with Crippen LogP contribution in [-0.2, 0) is 0 Å². The van der Waals surface area contributed by atoms with Crippen molar-refractivity contribution in [3.05, 3.63) is 46.5 Å². The van der Waals surface area contributed by atoms with Crippen LogP contribution in [0.4, 0.5) is 17.6 Å². The molecule has 0 bridgehead atoms. The van der Waals surface area contributed by atoms with E-state index in [0.29, 0.717) is 0 Å². The second-order valence-corrected chi connectivity index (χ2v) is 4.87. The molecule has 0 saturated heterocycles. The van der Waals surface area contributed by atoms with Gasteiger partial charge < -0.3 is 19.7 Å². The third kappa shape index (κ3) is 6.70. The summed E-state index contributed by atoms with van der Waals surface area (Å²) in [6, 6.07) is 10.1. The quantitative estimate of drug-likeness (QED) is 0.536. The molecule has 0 aromatic heterocycles. The van der Waals surface area contributed by atoms with E-state index < -0.39 is 35.8 Å². The van der Waals surface area contributed by atoms with Crippen LogP contribution in [0, 0.1) is 45.3 Å². The monoisotopic (exact) mass is 436 g/mol. The number of halogens is 4. The Morgan fingerprint density at radius 1 is 0.613 bits per heavy atom. The largest absolute Gasteiger partial charge is 0.507 e. The average molecular weight is 436 g/mol. The van der Waals surface area contributed by atoms with Crippen molar-refractivity contribution in [2.75, 3.05) is 0 Å². The van der Waals surface area contributed by atoms with Gasteiger partial charge in [0.15, 0.2) is 0 Å². The van der Waals surface area contributed by atoms with Crippen molar-refractivity contribution in [2.24, 2.45) is 0 Å². The molecule has 0 aliphatic heterocycles. The van der Waals surface area contributed by atoms with Gasteiger partial charge in [-0.05, 0) is 24.3 Å². The first-order valence-corrected chi connectivity index (χ1v) is 7.42. The number of phenolic OH excluding ortho intramolecular Hbond substituents is 2. The first kappa shape index (κ1) is 26.3. The van der Waals surface area contributed by atoms with Crippen LogP contribution in [-0.4, -0.2) is 23.4 Å². The summed E-state index contributed by atoms with van der Waals surface area (Å²) in [6.45, 7) is -6.41. The highest BCUT2D eigenvalue weighted by Crippen LogP contribution is 2.31. The number of rotatable bonds is 4. The molecule has 31 heavy (non-hydrogen) atoms. The number of hydrogen-bond donors (Lipinski definition) is 2. The Hall–Kier alpha value is -4.68. The van der Waals surface area contributed by atoms with Crippen LogP contribution in [0.2, 0.25) is 0 Å². The molecule has 0 radical (unpaired) electrons. The van der Waals surface area contributed by atoms with Crippen molar-refractivity contribution in [1.82, 2.24) is 0 Å². The van der Waals surface area contributed by atoms with E-state index in [1.807, 2.05) is 0 Å². The van der Waals surface area contributed by atoms with Crippen molar-refractivity contribution in [1.29, 1.82) is 21.0 Å². The van der Waals surface area contributed by atoms with E-state index in [9.17, 15) is 17.6 Å². The number of alkyl halides is 4. The number of ether oxygens (including phenoxy) is 2. The number of aromatic hydroxyl groups is 2. The van der Waals surface area contributed by atoms with Crippen molar-refractivity contribution in [2.45, 2.75) is 20.6 Å². The molecule has 0 saturated carbocycles. The Labute approximate surface area is 173 Å². The van der Waals surface area contributed by atoms with Gasteiger partial charge in [0, 0.05) is 0 Å². The predicted molar refractivity (Wildman–Crippen MR) is 95.1 cm³/mol. The number of phenols is 2. The van der Waals surface area contributed by atoms with Gasteiger partial charge in [0.1, 0.15) is 69.5 Å². The van der Waals surface area contributed by atoms with E-state index in [-0.39, 0.29) is 30.1 Å². The first-order chi connectivity index (χ1) is 14.2. The maximum absolute atomic E-state index is 12.0. The lowest BCUT2D eigenvalue weighted by molar-refractivity contribution is -0.0532. The zero-order valence-corrected chi connectivity index (χ0v) is 14.5. The normalized spacial score (nSPS) is 9.10. The van der Waals surface area contributed by atoms with E-state index in [4.69, 9.17) is 31.3 Å².